The van der Waals surface area contributed by atoms with Crippen LogP contribution in [0.25, 0.3) is 11.5 Å². The van der Waals surface area contributed by atoms with Crippen molar-refractivity contribution in [1.29, 1.82) is 0 Å². The Balaban J connectivity index is 1.62. The molecule has 9 heteroatoms. The zero-order valence-electron chi connectivity index (χ0n) is 16.2. The summed E-state index contributed by atoms with van der Waals surface area (Å²) < 4.78 is 44.8. The highest BCUT2D eigenvalue weighted by molar-refractivity contribution is 5.75. The van der Waals surface area contributed by atoms with E-state index in [1.54, 1.807) is 6.26 Å². The van der Waals surface area contributed by atoms with Crippen molar-refractivity contribution in [2.75, 3.05) is 6.54 Å². The molecule has 3 aromatic rings. The molecule has 0 saturated heterocycles. The first-order valence-electron chi connectivity index (χ1n) is 8.96. The van der Waals surface area contributed by atoms with Crippen LogP contribution in [0.1, 0.15) is 30.9 Å². The molecular weight excluding hydrogens is 385 g/mol. The van der Waals surface area contributed by atoms with Gasteiger partial charge in [0.15, 0.2) is 5.69 Å². The monoisotopic (exact) mass is 406 g/mol. The van der Waals surface area contributed by atoms with Crippen molar-refractivity contribution in [2.45, 2.75) is 38.9 Å². The number of nitrogens with one attached hydrogen (secondary N) is 1. The average Bonchev–Trinajstić information content (AvgIpc) is 3.29. The number of amides is 1. The van der Waals surface area contributed by atoms with Crippen molar-refractivity contribution in [3.05, 3.63) is 59.7 Å². The van der Waals surface area contributed by atoms with Gasteiger partial charge < -0.3 is 9.73 Å². The third kappa shape index (κ3) is 4.85. The fourth-order valence-corrected chi connectivity index (χ4v) is 2.71. The van der Waals surface area contributed by atoms with E-state index in [1.165, 1.54) is 6.92 Å². The highest BCUT2D eigenvalue weighted by Gasteiger charge is 2.34. The van der Waals surface area contributed by atoms with E-state index in [0.717, 1.165) is 16.3 Å². The number of hydrogen-bond donors (Lipinski definition) is 1. The first-order chi connectivity index (χ1) is 13.6. The van der Waals surface area contributed by atoms with Crippen molar-refractivity contribution in [3.63, 3.8) is 0 Å². The number of halogens is 3. The lowest BCUT2D eigenvalue weighted by Gasteiger charge is -2.22. The van der Waals surface area contributed by atoms with Crippen LogP contribution >= 0.6 is 0 Å². The van der Waals surface area contributed by atoms with Crippen LogP contribution in [0.3, 0.4) is 0 Å². The van der Waals surface area contributed by atoms with Crippen molar-refractivity contribution < 1.29 is 22.4 Å². The summed E-state index contributed by atoms with van der Waals surface area (Å²) in [6, 6.07) is 10.3. The molecule has 1 aromatic carbocycles. The van der Waals surface area contributed by atoms with Crippen LogP contribution in [0.5, 0.6) is 0 Å². The molecule has 0 aliphatic heterocycles. The molecule has 0 saturated carbocycles. The molecule has 0 aliphatic carbocycles. The van der Waals surface area contributed by atoms with Gasteiger partial charge in [0, 0.05) is 23.2 Å². The summed E-state index contributed by atoms with van der Waals surface area (Å²) >= 11 is 0. The molecule has 0 bridgehead atoms. The highest BCUT2D eigenvalue weighted by atomic mass is 19.4. The molecule has 0 radical (unpaired) electrons. The van der Waals surface area contributed by atoms with Crippen molar-refractivity contribution in [1.82, 2.24) is 20.1 Å². The number of alkyl halides is 3. The van der Waals surface area contributed by atoms with E-state index >= 15 is 0 Å². The van der Waals surface area contributed by atoms with Gasteiger partial charge in [-0.2, -0.15) is 18.3 Å². The number of aromatic nitrogens is 3. The molecule has 0 fully saturated rings. The van der Waals surface area contributed by atoms with Gasteiger partial charge in [-0.05, 0) is 25.1 Å². The van der Waals surface area contributed by atoms with Crippen LogP contribution in [0.4, 0.5) is 13.2 Å². The number of carbonyl (C=O) groups excluding carboxylic acids is 1. The van der Waals surface area contributed by atoms with Gasteiger partial charge in [0.1, 0.15) is 12.8 Å². The predicted octanol–water partition coefficient (Wildman–Crippen LogP) is 3.96. The number of rotatable bonds is 6. The summed E-state index contributed by atoms with van der Waals surface area (Å²) in [7, 11) is 0. The Morgan fingerprint density at radius 2 is 1.86 bits per heavy atom. The summed E-state index contributed by atoms with van der Waals surface area (Å²) in [6.45, 7) is 5.19. The maximum Gasteiger partial charge on any atom is 0.435 e. The molecule has 2 aromatic heterocycles. The van der Waals surface area contributed by atoms with Gasteiger partial charge in [-0.25, -0.2) is 4.98 Å². The number of oxazole rings is 1. The largest absolute Gasteiger partial charge is 0.444 e. The Kier molecular flexibility index (Phi) is 5.50. The summed E-state index contributed by atoms with van der Waals surface area (Å²) in [5, 5.41) is 6.20. The van der Waals surface area contributed by atoms with Gasteiger partial charge in [0.05, 0.1) is 5.69 Å². The number of benzene rings is 1. The topological polar surface area (TPSA) is 73.0 Å². The van der Waals surface area contributed by atoms with Gasteiger partial charge in [-0.1, -0.05) is 32.0 Å². The third-order valence-corrected chi connectivity index (χ3v) is 4.51. The minimum atomic E-state index is -4.54. The number of hydrogen-bond acceptors (Lipinski definition) is 4. The van der Waals surface area contributed by atoms with Crippen LogP contribution in [-0.4, -0.2) is 27.2 Å². The molecule has 29 heavy (non-hydrogen) atoms. The van der Waals surface area contributed by atoms with Crippen LogP contribution in [-0.2, 0) is 22.9 Å². The van der Waals surface area contributed by atoms with E-state index < -0.39 is 23.2 Å². The van der Waals surface area contributed by atoms with Crippen LogP contribution in [0.15, 0.2) is 47.1 Å². The molecule has 6 nitrogen and oxygen atoms in total. The summed E-state index contributed by atoms with van der Waals surface area (Å²) in [4.78, 5) is 16.7. The molecule has 3 rings (SSSR count). The maximum absolute atomic E-state index is 12.7. The lowest BCUT2D eigenvalue weighted by Crippen LogP contribution is -2.38. The molecule has 0 unspecified atom stereocenters. The van der Waals surface area contributed by atoms with E-state index in [0.29, 0.717) is 11.6 Å². The van der Waals surface area contributed by atoms with Gasteiger partial charge in [0.25, 0.3) is 0 Å². The van der Waals surface area contributed by atoms with Gasteiger partial charge in [-0.3, -0.25) is 9.48 Å². The van der Waals surface area contributed by atoms with Gasteiger partial charge in [-0.15, -0.1) is 0 Å². The number of nitrogens with zero attached hydrogens (tertiary/aromatic N) is 3. The van der Waals surface area contributed by atoms with E-state index in [2.05, 4.69) is 15.4 Å². The molecule has 2 heterocycles. The van der Waals surface area contributed by atoms with Crippen LogP contribution in [0, 0.1) is 6.92 Å². The SMILES string of the molecule is Cc1cc(C(F)(F)F)nn1CC(=O)NCC(C)(C)c1coc(-c2ccccc2)n1. The minimum Gasteiger partial charge on any atom is -0.444 e. The van der Waals surface area contributed by atoms with Gasteiger partial charge >= 0.3 is 6.18 Å². The van der Waals surface area contributed by atoms with E-state index in [-0.39, 0.29) is 18.8 Å². The van der Waals surface area contributed by atoms with Crippen molar-refractivity contribution in [3.8, 4) is 11.5 Å². The number of carbonyl (C=O) groups is 1. The van der Waals surface area contributed by atoms with Crippen LogP contribution < -0.4 is 5.32 Å². The molecule has 0 spiro atoms. The van der Waals surface area contributed by atoms with Gasteiger partial charge in [0.2, 0.25) is 11.8 Å². The Bertz CT molecular complexity index is 991. The predicted molar refractivity (Wildman–Crippen MR) is 99.9 cm³/mol. The molecule has 154 valence electrons. The second kappa shape index (κ2) is 7.73. The smallest absolute Gasteiger partial charge is 0.435 e. The molecule has 0 atom stereocenters. The highest BCUT2D eigenvalue weighted by Crippen LogP contribution is 2.28. The van der Waals surface area contributed by atoms with E-state index in [1.807, 2.05) is 44.2 Å². The normalized spacial score (nSPS) is 12.2. The fourth-order valence-electron chi connectivity index (χ4n) is 2.71. The standard InChI is InChI=1S/C20H21F3N4O2/c1-13-9-15(20(21,22)23)26-27(13)10-17(28)24-12-19(2,3)16-11-29-18(25-16)14-7-5-4-6-8-14/h4-9,11H,10,12H2,1-3H3,(H,24,28). The minimum absolute atomic E-state index is 0.235. The Hall–Kier alpha value is -3.10. The first kappa shape index (κ1) is 20.6. The second-order valence-corrected chi connectivity index (χ2v) is 7.39. The molecule has 0 aliphatic rings. The fraction of sp³-hybridized carbons (Fsp3) is 0.350. The van der Waals surface area contributed by atoms with Crippen molar-refractivity contribution >= 4 is 5.91 Å². The third-order valence-electron chi connectivity index (χ3n) is 4.51. The summed E-state index contributed by atoms with van der Waals surface area (Å²) in [5.74, 6) is 0.0385. The second-order valence-electron chi connectivity index (χ2n) is 7.39. The summed E-state index contributed by atoms with van der Waals surface area (Å²) in [6.07, 6.45) is -3.00. The lowest BCUT2D eigenvalue weighted by atomic mass is 9.90. The molecule has 1 N–H and O–H groups in total. The zero-order valence-corrected chi connectivity index (χ0v) is 16.2. The summed E-state index contributed by atoms with van der Waals surface area (Å²) in [5.41, 5.74) is 0.206. The van der Waals surface area contributed by atoms with E-state index in [4.69, 9.17) is 4.42 Å². The van der Waals surface area contributed by atoms with Crippen LogP contribution in [0.2, 0.25) is 0 Å². The number of aryl methyl sites for hydroxylation is 1. The maximum atomic E-state index is 12.7. The average molecular weight is 406 g/mol. The zero-order chi connectivity index (χ0) is 21.2. The van der Waals surface area contributed by atoms with E-state index in [9.17, 15) is 18.0 Å². The Morgan fingerprint density at radius 1 is 1.17 bits per heavy atom. The quantitative estimate of drug-likeness (QED) is 0.673. The van der Waals surface area contributed by atoms with Crippen molar-refractivity contribution in [2.24, 2.45) is 0 Å². The molecular formula is C20H21F3N4O2. The lowest BCUT2D eigenvalue weighted by molar-refractivity contribution is -0.141. The Morgan fingerprint density at radius 3 is 2.48 bits per heavy atom. The first-order valence-corrected chi connectivity index (χ1v) is 8.96. The Labute approximate surface area is 165 Å². The molecule has 1 amide bonds.